The number of carboxylic acids is 1. The topological polar surface area (TPSA) is 49.3 Å². The highest BCUT2D eigenvalue weighted by Gasteiger charge is 2.24. The molecule has 0 saturated heterocycles. The summed E-state index contributed by atoms with van der Waals surface area (Å²) < 4.78 is 0. The molecule has 4 heteroatoms. The Morgan fingerprint density at radius 1 is 1.67 bits per heavy atom. The Morgan fingerprint density at radius 2 is 2.50 bits per heavy atom. The highest BCUT2D eigenvalue weighted by Crippen LogP contribution is 2.36. The first-order valence-electron chi connectivity index (χ1n) is 3.82. The fourth-order valence-corrected chi connectivity index (χ4v) is 2.51. The molecule has 0 unspecified atom stereocenters. The van der Waals surface area contributed by atoms with Crippen LogP contribution >= 0.6 is 11.8 Å². The highest BCUT2D eigenvalue weighted by atomic mass is 32.2. The van der Waals surface area contributed by atoms with Crippen LogP contribution in [-0.2, 0) is 4.79 Å². The molecule has 2 N–H and O–H groups in total. The molecule has 0 aromatic heterocycles. The summed E-state index contributed by atoms with van der Waals surface area (Å²) >= 11 is 1.58. The van der Waals surface area contributed by atoms with Gasteiger partial charge in [0.15, 0.2) is 0 Å². The highest BCUT2D eigenvalue weighted by molar-refractivity contribution is 8.03. The van der Waals surface area contributed by atoms with Crippen molar-refractivity contribution >= 4 is 17.7 Å². The van der Waals surface area contributed by atoms with Crippen molar-refractivity contribution in [2.75, 3.05) is 5.88 Å². The molecular formula is C8H9NO2S. The van der Waals surface area contributed by atoms with E-state index < -0.39 is 5.97 Å². The van der Waals surface area contributed by atoms with Crippen LogP contribution in [0.3, 0.4) is 0 Å². The number of hydrogen-bond donors (Lipinski definition) is 2. The molecule has 0 aromatic rings. The van der Waals surface area contributed by atoms with Gasteiger partial charge in [-0.1, -0.05) is 6.08 Å². The Bertz CT molecular complexity index is 293. The number of rotatable bonds is 1. The molecule has 0 radical (unpaired) electrons. The number of allylic oxidation sites excluding steroid dienone is 2. The van der Waals surface area contributed by atoms with E-state index in [-0.39, 0.29) is 0 Å². The van der Waals surface area contributed by atoms with Crippen molar-refractivity contribution in [1.82, 2.24) is 5.32 Å². The van der Waals surface area contributed by atoms with Crippen molar-refractivity contribution in [3.8, 4) is 0 Å². The molecule has 64 valence electrons. The van der Waals surface area contributed by atoms with E-state index in [9.17, 15) is 4.79 Å². The molecule has 1 aliphatic heterocycles. The number of carbonyl (C=O) groups is 1. The first-order chi connectivity index (χ1) is 5.79. The fraction of sp³-hybridized carbons (Fsp3) is 0.375. The fourth-order valence-electron chi connectivity index (χ4n) is 1.44. The molecule has 0 saturated carbocycles. The van der Waals surface area contributed by atoms with Crippen molar-refractivity contribution in [2.45, 2.75) is 12.8 Å². The minimum absolute atomic E-state index is 0.478. The summed E-state index contributed by atoms with van der Waals surface area (Å²) in [5.74, 6) is 0.00773. The molecule has 3 nitrogen and oxygen atoms in total. The zero-order chi connectivity index (χ0) is 8.55. The predicted octanol–water partition coefficient (Wildman–Crippen LogP) is 1.30. The Balaban J connectivity index is 2.34. The van der Waals surface area contributed by atoms with Crippen LogP contribution in [0.15, 0.2) is 22.3 Å². The van der Waals surface area contributed by atoms with Gasteiger partial charge in [0.05, 0.1) is 11.4 Å². The second-order valence-corrected chi connectivity index (χ2v) is 3.72. The summed E-state index contributed by atoms with van der Waals surface area (Å²) in [5.41, 5.74) is 1.59. The third-order valence-corrected chi connectivity index (χ3v) is 3.04. The summed E-state index contributed by atoms with van der Waals surface area (Å²) in [6.45, 7) is 0. The maximum absolute atomic E-state index is 10.8. The van der Waals surface area contributed by atoms with E-state index in [4.69, 9.17) is 5.11 Å². The quantitative estimate of drug-likeness (QED) is 0.643. The average molecular weight is 183 g/mol. The van der Waals surface area contributed by atoms with Crippen molar-refractivity contribution in [3.05, 3.63) is 22.3 Å². The van der Waals surface area contributed by atoms with E-state index in [1.165, 1.54) is 0 Å². The molecule has 12 heavy (non-hydrogen) atoms. The first kappa shape index (κ1) is 7.73. The molecule has 0 atom stereocenters. The maximum atomic E-state index is 10.8. The standard InChI is InChI=1S/C8H9NO2S/c10-8(11)5-2-1-3-6-7(5)12-4-9-6/h2,9H,1,3-4H2,(H,10,11). The van der Waals surface area contributed by atoms with Crippen LogP contribution in [0.1, 0.15) is 12.8 Å². The van der Waals surface area contributed by atoms with E-state index >= 15 is 0 Å². The largest absolute Gasteiger partial charge is 0.478 e. The third kappa shape index (κ3) is 1.12. The smallest absolute Gasteiger partial charge is 0.336 e. The first-order valence-corrected chi connectivity index (χ1v) is 4.81. The van der Waals surface area contributed by atoms with Gasteiger partial charge in [-0.2, -0.15) is 0 Å². The van der Waals surface area contributed by atoms with E-state index in [1.54, 1.807) is 17.8 Å². The summed E-state index contributed by atoms with van der Waals surface area (Å²) in [6, 6.07) is 0. The lowest BCUT2D eigenvalue weighted by Gasteiger charge is -2.11. The van der Waals surface area contributed by atoms with Gasteiger partial charge < -0.3 is 10.4 Å². The second-order valence-electron chi connectivity index (χ2n) is 2.73. The maximum Gasteiger partial charge on any atom is 0.336 e. The lowest BCUT2D eigenvalue weighted by atomic mass is 10.0. The SMILES string of the molecule is O=C(O)C1=CCCC2=C1SCN2. The van der Waals surface area contributed by atoms with Gasteiger partial charge in [0.1, 0.15) is 0 Å². The molecule has 0 fully saturated rings. The third-order valence-electron chi connectivity index (χ3n) is 1.99. The molecule has 2 aliphatic rings. The predicted molar refractivity (Wildman–Crippen MR) is 47.6 cm³/mol. The van der Waals surface area contributed by atoms with Gasteiger partial charge in [-0.15, -0.1) is 11.8 Å². The van der Waals surface area contributed by atoms with Crippen LogP contribution in [0.5, 0.6) is 0 Å². The van der Waals surface area contributed by atoms with Gasteiger partial charge in [-0.25, -0.2) is 4.79 Å². The van der Waals surface area contributed by atoms with E-state index in [2.05, 4.69) is 5.32 Å². The Kier molecular flexibility index (Phi) is 1.84. The summed E-state index contributed by atoms with van der Waals surface area (Å²) in [5, 5.41) is 12.0. The minimum atomic E-state index is -0.807. The molecule has 1 aliphatic carbocycles. The van der Waals surface area contributed by atoms with E-state index in [1.807, 2.05) is 0 Å². The van der Waals surface area contributed by atoms with Crippen LogP contribution in [0.2, 0.25) is 0 Å². The molecule has 0 spiro atoms. The molecule has 0 aromatic carbocycles. The number of hydrogen-bond acceptors (Lipinski definition) is 3. The van der Waals surface area contributed by atoms with Crippen LogP contribution in [0, 0.1) is 0 Å². The number of carboxylic acid groups (broad SMARTS) is 1. The Hall–Kier alpha value is -0.900. The van der Waals surface area contributed by atoms with Crippen LogP contribution in [0.25, 0.3) is 0 Å². The number of thioether (sulfide) groups is 1. The Labute approximate surface area is 74.5 Å². The summed E-state index contributed by atoms with van der Waals surface area (Å²) in [4.78, 5) is 11.7. The molecule has 0 bridgehead atoms. The number of aliphatic carboxylic acids is 1. The molecule has 1 heterocycles. The molecular weight excluding hydrogens is 174 g/mol. The average Bonchev–Trinajstić information content (AvgIpc) is 2.49. The Morgan fingerprint density at radius 3 is 3.25 bits per heavy atom. The monoisotopic (exact) mass is 183 g/mol. The van der Waals surface area contributed by atoms with Crippen LogP contribution in [0.4, 0.5) is 0 Å². The number of nitrogens with one attached hydrogen (secondary N) is 1. The summed E-state index contributed by atoms with van der Waals surface area (Å²) in [7, 11) is 0. The van der Waals surface area contributed by atoms with Crippen molar-refractivity contribution < 1.29 is 9.90 Å². The van der Waals surface area contributed by atoms with Crippen LogP contribution < -0.4 is 5.32 Å². The normalized spacial score (nSPS) is 21.5. The van der Waals surface area contributed by atoms with Gasteiger partial charge in [0.25, 0.3) is 0 Å². The van der Waals surface area contributed by atoms with E-state index in [0.29, 0.717) is 5.57 Å². The lowest BCUT2D eigenvalue weighted by molar-refractivity contribution is -0.132. The van der Waals surface area contributed by atoms with E-state index in [0.717, 1.165) is 29.3 Å². The molecule has 0 amide bonds. The van der Waals surface area contributed by atoms with Gasteiger partial charge in [0.2, 0.25) is 0 Å². The zero-order valence-electron chi connectivity index (χ0n) is 6.46. The van der Waals surface area contributed by atoms with Gasteiger partial charge in [-0.05, 0) is 12.8 Å². The van der Waals surface area contributed by atoms with Gasteiger partial charge in [0, 0.05) is 10.6 Å². The minimum Gasteiger partial charge on any atom is -0.478 e. The zero-order valence-corrected chi connectivity index (χ0v) is 7.28. The lowest BCUT2D eigenvalue weighted by Crippen LogP contribution is -2.11. The van der Waals surface area contributed by atoms with Crippen molar-refractivity contribution in [2.24, 2.45) is 0 Å². The van der Waals surface area contributed by atoms with Crippen molar-refractivity contribution in [3.63, 3.8) is 0 Å². The van der Waals surface area contributed by atoms with Crippen molar-refractivity contribution in [1.29, 1.82) is 0 Å². The molecule has 2 rings (SSSR count). The van der Waals surface area contributed by atoms with Gasteiger partial charge >= 0.3 is 5.97 Å². The van der Waals surface area contributed by atoms with Crippen LogP contribution in [-0.4, -0.2) is 17.0 Å². The summed E-state index contributed by atoms with van der Waals surface area (Å²) in [6.07, 6.45) is 3.61. The second kappa shape index (κ2) is 2.86. The van der Waals surface area contributed by atoms with Gasteiger partial charge in [-0.3, -0.25) is 0 Å².